The summed E-state index contributed by atoms with van der Waals surface area (Å²) in [6, 6.07) is 13.2. The molecule has 2 heterocycles. The molecule has 35 heavy (non-hydrogen) atoms. The van der Waals surface area contributed by atoms with Gasteiger partial charge in [0.15, 0.2) is 0 Å². The number of β-amino-alcohol motifs (C(OH)–C–C–N with tert-alkyl or cyclic N) is 1. The van der Waals surface area contributed by atoms with Crippen molar-refractivity contribution in [3.63, 3.8) is 0 Å². The van der Waals surface area contributed by atoms with Gasteiger partial charge in [-0.3, -0.25) is 4.90 Å². The number of hydrogen-bond donors (Lipinski definition) is 3. The molecule has 0 radical (unpaired) electrons. The molecular weight excluding hydrogens is 445 g/mol. The predicted octanol–water partition coefficient (Wildman–Crippen LogP) is 1.55. The number of rotatable bonds is 11. The van der Waals surface area contributed by atoms with Crippen LogP contribution in [0.2, 0.25) is 0 Å². The molecule has 0 aliphatic carbocycles. The molecule has 0 aromatic heterocycles. The molecule has 2 aromatic rings. The van der Waals surface area contributed by atoms with Crippen LogP contribution in [0.4, 0.5) is 10.1 Å². The average Bonchev–Trinajstić information content (AvgIpc) is 2.88. The summed E-state index contributed by atoms with van der Waals surface area (Å²) in [5.74, 6) is 0.679. The molecule has 2 aliphatic heterocycles. The number of hydrogen-bond acceptors (Lipinski definition) is 7. The molecule has 4 rings (SSSR count). The van der Waals surface area contributed by atoms with E-state index in [9.17, 15) is 9.50 Å². The Hall–Kier alpha value is -2.23. The van der Waals surface area contributed by atoms with E-state index in [0.717, 1.165) is 74.9 Å². The zero-order chi connectivity index (χ0) is 24.5. The summed E-state index contributed by atoms with van der Waals surface area (Å²) in [6.07, 6.45) is 0.0840. The minimum atomic E-state index is -0.545. The van der Waals surface area contributed by atoms with Gasteiger partial charge in [-0.05, 0) is 37.7 Å². The summed E-state index contributed by atoms with van der Waals surface area (Å²) in [5.41, 5.74) is 2.85. The quantitative estimate of drug-likeness (QED) is 0.418. The molecule has 2 aromatic carbocycles. The van der Waals surface area contributed by atoms with Gasteiger partial charge in [-0.25, -0.2) is 4.39 Å². The van der Waals surface area contributed by atoms with E-state index in [1.54, 1.807) is 6.07 Å². The number of para-hydroxylation sites is 1. The third-order valence-corrected chi connectivity index (χ3v) is 6.86. The second-order valence-electron chi connectivity index (χ2n) is 9.59. The Kier molecular flexibility index (Phi) is 9.74. The number of likely N-dealkylation sites (N-methyl/N-ethyl adjacent to an activating group) is 1. The van der Waals surface area contributed by atoms with Crippen LogP contribution in [0.25, 0.3) is 0 Å². The van der Waals surface area contributed by atoms with Gasteiger partial charge in [0.2, 0.25) is 0 Å². The summed E-state index contributed by atoms with van der Waals surface area (Å²) in [5, 5.41) is 17.6. The molecule has 2 saturated heterocycles. The fourth-order valence-electron chi connectivity index (χ4n) is 4.74. The Labute approximate surface area is 208 Å². The fourth-order valence-corrected chi connectivity index (χ4v) is 4.74. The van der Waals surface area contributed by atoms with Crippen molar-refractivity contribution in [3.05, 3.63) is 59.4 Å². The third-order valence-electron chi connectivity index (χ3n) is 6.86. The average molecular weight is 486 g/mol. The van der Waals surface area contributed by atoms with Gasteiger partial charge in [-0.2, -0.15) is 0 Å². The smallest absolute Gasteiger partial charge is 0.147 e. The van der Waals surface area contributed by atoms with E-state index < -0.39 is 6.10 Å². The molecule has 1 atom stereocenters. The van der Waals surface area contributed by atoms with Crippen LogP contribution in [0, 0.1) is 5.82 Å². The first kappa shape index (κ1) is 25.9. The maximum absolute atomic E-state index is 13.9. The molecule has 7 nitrogen and oxygen atoms in total. The van der Waals surface area contributed by atoms with Crippen molar-refractivity contribution in [2.75, 3.05) is 84.0 Å². The van der Waals surface area contributed by atoms with E-state index in [1.165, 1.54) is 6.07 Å². The van der Waals surface area contributed by atoms with Gasteiger partial charge >= 0.3 is 0 Å². The number of piperazine rings is 2. The van der Waals surface area contributed by atoms with Gasteiger partial charge in [0.1, 0.15) is 24.3 Å². The summed E-state index contributed by atoms with van der Waals surface area (Å²) in [7, 11) is 2.13. The first-order chi connectivity index (χ1) is 17.1. The minimum absolute atomic E-state index is 0.159. The zero-order valence-electron chi connectivity index (χ0n) is 20.9. The molecule has 0 amide bonds. The second-order valence-corrected chi connectivity index (χ2v) is 9.59. The van der Waals surface area contributed by atoms with Gasteiger partial charge in [0.05, 0.1) is 5.69 Å². The van der Waals surface area contributed by atoms with Crippen molar-refractivity contribution < 1.29 is 14.2 Å². The van der Waals surface area contributed by atoms with Crippen LogP contribution in [-0.4, -0.2) is 100 Å². The molecule has 8 heteroatoms. The standard InChI is InChI=1S/C27H40FN5O2/c1-31-15-17-32(18-16-31)20-24(34)21-35-27-23(6-4-8-26(27)33-13-11-29-12-14-33)19-30-10-9-22-5-2-3-7-25(22)28/h2-8,24,29-30,34H,9-21H2,1H3. The third kappa shape index (κ3) is 7.62. The monoisotopic (exact) mass is 485 g/mol. The van der Waals surface area contributed by atoms with Gasteiger partial charge in [-0.15, -0.1) is 0 Å². The normalized spacial score (nSPS) is 18.5. The Bertz CT molecular complexity index is 916. The van der Waals surface area contributed by atoms with E-state index >= 15 is 0 Å². The SMILES string of the molecule is CN1CCN(CC(O)COc2c(CNCCc3ccccc3F)cccc2N2CCNCC2)CC1. The maximum Gasteiger partial charge on any atom is 0.147 e. The van der Waals surface area contributed by atoms with Crippen LogP contribution in [0.15, 0.2) is 42.5 Å². The topological polar surface area (TPSA) is 63.2 Å². The van der Waals surface area contributed by atoms with E-state index in [-0.39, 0.29) is 12.4 Å². The first-order valence-electron chi connectivity index (χ1n) is 12.8. The lowest BCUT2D eigenvalue weighted by molar-refractivity contribution is 0.0503. The van der Waals surface area contributed by atoms with Crippen molar-refractivity contribution in [2.24, 2.45) is 0 Å². The van der Waals surface area contributed by atoms with Gasteiger partial charge in [0, 0.05) is 71.0 Å². The number of aliphatic hydroxyl groups is 1. The molecule has 3 N–H and O–H groups in total. The van der Waals surface area contributed by atoms with Crippen LogP contribution >= 0.6 is 0 Å². The Morgan fingerprint density at radius 1 is 1.00 bits per heavy atom. The second kappa shape index (κ2) is 13.2. The molecule has 2 fully saturated rings. The summed E-state index contributed by atoms with van der Waals surface area (Å²) >= 11 is 0. The van der Waals surface area contributed by atoms with Gasteiger partial charge in [-0.1, -0.05) is 30.3 Å². The highest BCUT2D eigenvalue weighted by Gasteiger charge is 2.21. The van der Waals surface area contributed by atoms with Crippen LogP contribution in [0.5, 0.6) is 5.75 Å². The first-order valence-corrected chi connectivity index (χ1v) is 12.8. The highest BCUT2D eigenvalue weighted by atomic mass is 19.1. The summed E-state index contributed by atoms with van der Waals surface area (Å²) in [4.78, 5) is 6.97. The minimum Gasteiger partial charge on any atom is -0.488 e. The molecule has 0 saturated carbocycles. The van der Waals surface area contributed by atoms with E-state index in [2.05, 4.69) is 50.6 Å². The van der Waals surface area contributed by atoms with Gasteiger partial charge in [0.25, 0.3) is 0 Å². The van der Waals surface area contributed by atoms with E-state index in [1.807, 2.05) is 12.1 Å². The fraction of sp³-hybridized carbons (Fsp3) is 0.556. The Morgan fingerprint density at radius 3 is 2.51 bits per heavy atom. The van der Waals surface area contributed by atoms with Crippen LogP contribution in [0.1, 0.15) is 11.1 Å². The van der Waals surface area contributed by atoms with Crippen LogP contribution in [0.3, 0.4) is 0 Å². The lowest BCUT2D eigenvalue weighted by Crippen LogP contribution is -2.47. The number of nitrogens with one attached hydrogen (secondary N) is 2. The highest BCUT2D eigenvalue weighted by Crippen LogP contribution is 2.33. The summed E-state index contributed by atoms with van der Waals surface area (Å²) < 4.78 is 20.3. The maximum atomic E-state index is 13.9. The number of nitrogens with zero attached hydrogens (tertiary/aromatic N) is 3. The van der Waals surface area contributed by atoms with Crippen molar-refractivity contribution in [3.8, 4) is 5.75 Å². The highest BCUT2D eigenvalue weighted by molar-refractivity contribution is 5.62. The van der Waals surface area contributed by atoms with Crippen molar-refractivity contribution in [2.45, 2.75) is 19.1 Å². The van der Waals surface area contributed by atoms with E-state index in [0.29, 0.717) is 26.1 Å². The molecule has 192 valence electrons. The van der Waals surface area contributed by atoms with Crippen molar-refractivity contribution in [1.82, 2.24) is 20.4 Å². The lowest BCUT2D eigenvalue weighted by Gasteiger charge is -2.34. The number of benzene rings is 2. The van der Waals surface area contributed by atoms with Crippen molar-refractivity contribution in [1.29, 1.82) is 0 Å². The largest absolute Gasteiger partial charge is 0.488 e. The number of aliphatic hydroxyl groups excluding tert-OH is 1. The van der Waals surface area contributed by atoms with Gasteiger partial charge < -0.3 is 30.3 Å². The lowest BCUT2D eigenvalue weighted by atomic mass is 10.1. The summed E-state index contributed by atoms with van der Waals surface area (Å²) in [6.45, 7) is 9.91. The Morgan fingerprint density at radius 2 is 1.74 bits per heavy atom. The number of ether oxygens (including phenoxy) is 1. The molecule has 1 unspecified atom stereocenters. The zero-order valence-corrected chi connectivity index (χ0v) is 20.9. The molecular formula is C27H40FN5O2. The molecule has 0 spiro atoms. The van der Waals surface area contributed by atoms with Crippen molar-refractivity contribution >= 4 is 5.69 Å². The van der Waals surface area contributed by atoms with Crippen LogP contribution < -0.4 is 20.3 Å². The number of halogens is 1. The molecule has 2 aliphatic rings. The predicted molar refractivity (Wildman–Crippen MR) is 139 cm³/mol. The Balaban J connectivity index is 1.38. The van der Waals surface area contributed by atoms with E-state index in [4.69, 9.17) is 4.74 Å². The molecule has 0 bridgehead atoms. The van der Waals surface area contributed by atoms with Crippen LogP contribution in [-0.2, 0) is 13.0 Å². The number of anilines is 1.